The SMILES string of the molecule is CC(C#N)OC(=O)c1ccncc1. The smallest absolute Gasteiger partial charge is 0.339 e. The molecule has 0 radical (unpaired) electrons. The first-order valence-electron chi connectivity index (χ1n) is 3.74. The normalized spacial score (nSPS) is 11.4. The van der Waals surface area contributed by atoms with Crippen LogP contribution < -0.4 is 0 Å². The first-order chi connectivity index (χ1) is 6.24. The lowest BCUT2D eigenvalue weighted by Gasteiger charge is -2.04. The number of hydrogen-bond donors (Lipinski definition) is 0. The minimum Gasteiger partial charge on any atom is -0.444 e. The minimum absolute atomic E-state index is 0.400. The Hall–Kier alpha value is -1.89. The molecule has 0 aromatic carbocycles. The van der Waals surface area contributed by atoms with Crippen molar-refractivity contribution in [2.45, 2.75) is 13.0 Å². The van der Waals surface area contributed by atoms with E-state index in [9.17, 15) is 4.79 Å². The van der Waals surface area contributed by atoms with Gasteiger partial charge in [-0.1, -0.05) is 0 Å². The van der Waals surface area contributed by atoms with Gasteiger partial charge in [0.15, 0.2) is 6.10 Å². The molecule has 1 aromatic heterocycles. The van der Waals surface area contributed by atoms with E-state index in [0.29, 0.717) is 5.56 Å². The Morgan fingerprint density at radius 2 is 2.23 bits per heavy atom. The van der Waals surface area contributed by atoms with Crippen molar-refractivity contribution in [1.82, 2.24) is 4.98 Å². The van der Waals surface area contributed by atoms with Gasteiger partial charge in [0.1, 0.15) is 6.07 Å². The maximum absolute atomic E-state index is 11.2. The van der Waals surface area contributed by atoms with E-state index in [2.05, 4.69) is 4.98 Å². The topological polar surface area (TPSA) is 63.0 Å². The molecule has 0 aliphatic carbocycles. The van der Waals surface area contributed by atoms with Crippen LogP contribution in [0.5, 0.6) is 0 Å². The zero-order valence-corrected chi connectivity index (χ0v) is 7.10. The van der Waals surface area contributed by atoms with Crippen LogP contribution in [0, 0.1) is 11.3 Å². The lowest BCUT2D eigenvalue weighted by Crippen LogP contribution is -2.12. The molecule has 0 aliphatic heterocycles. The van der Waals surface area contributed by atoms with Gasteiger partial charge in [-0.3, -0.25) is 4.98 Å². The fraction of sp³-hybridized carbons (Fsp3) is 0.222. The number of nitriles is 1. The summed E-state index contributed by atoms with van der Waals surface area (Å²) in [5.74, 6) is -0.503. The highest BCUT2D eigenvalue weighted by Crippen LogP contribution is 2.01. The molecule has 0 spiro atoms. The number of esters is 1. The van der Waals surface area contributed by atoms with Crippen LogP contribution in [0.2, 0.25) is 0 Å². The molecular formula is C9H8N2O2. The number of carbonyl (C=O) groups excluding carboxylic acids is 1. The number of pyridine rings is 1. The van der Waals surface area contributed by atoms with Crippen molar-refractivity contribution in [3.63, 3.8) is 0 Å². The monoisotopic (exact) mass is 176 g/mol. The average molecular weight is 176 g/mol. The Balaban J connectivity index is 2.66. The van der Waals surface area contributed by atoms with Crippen molar-refractivity contribution in [3.8, 4) is 6.07 Å². The van der Waals surface area contributed by atoms with Crippen molar-refractivity contribution in [1.29, 1.82) is 5.26 Å². The molecule has 0 saturated heterocycles. The van der Waals surface area contributed by atoms with Gasteiger partial charge < -0.3 is 4.74 Å². The van der Waals surface area contributed by atoms with Gasteiger partial charge in [-0.15, -0.1) is 0 Å². The van der Waals surface area contributed by atoms with Crippen molar-refractivity contribution in [3.05, 3.63) is 30.1 Å². The lowest BCUT2D eigenvalue weighted by molar-refractivity contribution is 0.0435. The van der Waals surface area contributed by atoms with Gasteiger partial charge in [0.2, 0.25) is 0 Å². The van der Waals surface area contributed by atoms with E-state index in [1.165, 1.54) is 31.5 Å². The van der Waals surface area contributed by atoms with E-state index in [1.54, 1.807) is 6.07 Å². The zero-order chi connectivity index (χ0) is 9.68. The van der Waals surface area contributed by atoms with Crippen molar-refractivity contribution in [2.24, 2.45) is 0 Å². The highest BCUT2D eigenvalue weighted by molar-refractivity contribution is 5.89. The van der Waals surface area contributed by atoms with Crippen molar-refractivity contribution in [2.75, 3.05) is 0 Å². The molecule has 0 saturated carbocycles. The zero-order valence-electron chi connectivity index (χ0n) is 7.10. The summed E-state index contributed by atoms with van der Waals surface area (Å²) >= 11 is 0. The molecule has 1 aromatic rings. The summed E-state index contributed by atoms with van der Waals surface area (Å²) in [4.78, 5) is 15.0. The van der Waals surface area contributed by atoms with Crippen LogP contribution in [-0.4, -0.2) is 17.1 Å². The molecule has 1 atom stereocenters. The Morgan fingerprint density at radius 1 is 1.62 bits per heavy atom. The molecular weight excluding hydrogens is 168 g/mol. The summed E-state index contributed by atoms with van der Waals surface area (Å²) in [7, 11) is 0. The molecule has 66 valence electrons. The molecule has 4 heteroatoms. The van der Waals surface area contributed by atoms with E-state index >= 15 is 0 Å². The second kappa shape index (κ2) is 4.21. The number of carbonyl (C=O) groups is 1. The Bertz CT molecular complexity index is 329. The number of hydrogen-bond acceptors (Lipinski definition) is 4. The molecule has 0 fully saturated rings. The number of ether oxygens (including phenoxy) is 1. The van der Waals surface area contributed by atoms with E-state index in [0.717, 1.165) is 0 Å². The maximum Gasteiger partial charge on any atom is 0.339 e. The van der Waals surface area contributed by atoms with Gasteiger partial charge in [0.05, 0.1) is 5.56 Å². The van der Waals surface area contributed by atoms with E-state index in [1.807, 2.05) is 0 Å². The summed E-state index contributed by atoms with van der Waals surface area (Å²) in [6, 6.07) is 4.88. The van der Waals surface area contributed by atoms with Crippen LogP contribution in [0.1, 0.15) is 17.3 Å². The largest absolute Gasteiger partial charge is 0.444 e. The molecule has 0 N–H and O–H groups in total. The fourth-order valence-electron chi connectivity index (χ4n) is 0.743. The highest BCUT2D eigenvalue weighted by atomic mass is 16.5. The highest BCUT2D eigenvalue weighted by Gasteiger charge is 2.09. The first kappa shape index (κ1) is 9.20. The fourth-order valence-corrected chi connectivity index (χ4v) is 0.743. The van der Waals surface area contributed by atoms with Gasteiger partial charge in [-0.2, -0.15) is 5.26 Å². The quantitative estimate of drug-likeness (QED) is 0.634. The average Bonchev–Trinajstić information content (AvgIpc) is 2.19. The molecule has 13 heavy (non-hydrogen) atoms. The van der Waals surface area contributed by atoms with Gasteiger partial charge in [0.25, 0.3) is 0 Å². The third-order valence-electron chi connectivity index (χ3n) is 1.38. The second-order valence-corrected chi connectivity index (χ2v) is 2.41. The van der Waals surface area contributed by atoms with Gasteiger partial charge in [0, 0.05) is 12.4 Å². The van der Waals surface area contributed by atoms with E-state index < -0.39 is 12.1 Å². The molecule has 0 bridgehead atoms. The molecule has 4 nitrogen and oxygen atoms in total. The summed E-state index contributed by atoms with van der Waals surface area (Å²) in [5.41, 5.74) is 0.400. The van der Waals surface area contributed by atoms with Crippen molar-refractivity contribution < 1.29 is 9.53 Å². The number of nitrogens with zero attached hydrogens (tertiary/aromatic N) is 2. The molecule has 0 amide bonds. The summed E-state index contributed by atoms with van der Waals surface area (Å²) in [5, 5.41) is 8.39. The van der Waals surface area contributed by atoms with Gasteiger partial charge in [-0.25, -0.2) is 4.79 Å². The summed E-state index contributed by atoms with van der Waals surface area (Å²) in [6.07, 6.45) is 2.27. The van der Waals surface area contributed by atoms with Crippen LogP contribution in [-0.2, 0) is 4.74 Å². The van der Waals surface area contributed by atoms with Crippen LogP contribution >= 0.6 is 0 Å². The van der Waals surface area contributed by atoms with Crippen LogP contribution in [0.3, 0.4) is 0 Å². The van der Waals surface area contributed by atoms with E-state index in [4.69, 9.17) is 10.00 Å². The van der Waals surface area contributed by atoms with Crippen LogP contribution in [0.25, 0.3) is 0 Å². The Kier molecular flexibility index (Phi) is 2.98. The predicted molar refractivity (Wildman–Crippen MR) is 44.7 cm³/mol. The second-order valence-electron chi connectivity index (χ2n) is 2.41. The van der Waals surface area contributed by atoms with Gasteiger partial charge >= 0.3 is 5.97 Å². The summed E-state index contributed by atoms with van der Waals surface area (Å²) in [6.45, 7) is 1.51. The molecule has 1 unspecified atom stereocenters. The number of aromatic nitrogens is 1. The van der Waals surface area contributed by atoms with Crippen molar-refractivity contribution >= 4 is 5.97 Å². The molecule has 1 heterocycles. The summed E-state index contributed by atoms with van der Waals surface area (Å²) < 4.78 is 4.76. The lowest BCUT2D eigenvalue weighted by atomic mass is 10.3. The molecule has 1 rings (SSSR count). The standard InChI is InChI=1S/C9H8N2O2/c1-7(6-10)13-9(12)8-2-4-11-5-3-8/h2-5,7H,1H3. The Morgan fingerprint density at radius 3 is 2.77 bits per heavy atom. The maximum atomic E-state index is 11.2. The van der Waals surface area contributed by atoms with Crippen LogP contribution in [0.4, 0.5) is 0 Å². The number of rotatable bonds is 2. The Labute approximate surface area is 75.8 Å². The molecule has 0 aliphatic rings. The van der Waals surface area contributed by atoms with Gasteiger partial charge in [-0.05, 0) is 19.1 Å². The van der Waals surface area contributed by atoms with E-state index in [-0.39, 0.29) is 0 Å². The first-order valence-corrected chi connectivity index (χ1v) is 3.74. The third-order valence-corrected chi connectivity index (χ3v) is 1.38. The van der Waals surface area contributed by atoms with Crippen LogP contribution in [0.15, 0.2) is 24.5 Å². The predicted octanol–water partition coefficient (Wildman–Crippen LogP) is 1.15. The third kappa shape index (κ3) is 2.56. The minimum atomic E-state index is -0.722.